The zero-order valence-corrected chi connectivity index (χ0v) is 11.3. The van der Waals surface area contributed by atoms with Crippen LogP contribution in [0.25, 0.3) is 16.9 Å². The fraction of sp³-hybridized carbons (Fsp3) is 0.133. The van der Waals surface area contributed by atoms with Crippen molar-refractivity contribution in [2.24, 2.45) is 0 Å². The molecule has 0 unspecified atom stereocenters. The number of benzene rings is 1. The van der Waals surface area contributed by atoms with E-state index in [1.165, 1.54) is 16.8 Å². The lowest BCUT2D eigenvalue weighted by Gasteiger charge is -2.15. The fourth-order valence-corrected chi connectivity index (χ4v) is 3.08. The number of rotatable bonds is 0. The maximum atomic E-state index is 4.78. The minimum absolute atomic E-state index is 1.03. The van der Waals surface area contributed by atoms with E-state index in [1.807, 2.05) is 6.07 Å². The fourth-order valence-electron chi connectivity index (χ4n) is 2.74. The van der Waals surface area contributed by atoms with Gasteiger partial charge in [-0.1, -0.05) is 24.3 Å². The van der Waals surface area contributed by atoms with Gasteiger partial charge in [-0.3, -0.25) is 0 Å². The first-order valence-electron chi connectivity index (χ1n) is 6.08. The Bertz CT molecular complexity index is 758. The highest BCUT2D eigenvalue weighted by Crippen LogP contribution is 2.33. The summed E-state index contributed by atoms with van der Waals surface area (Å²) in [7, 11) is 0. The Labute approximate surface area is 113 Å². The van der Waals surface area contributed by atoms with E-state index in [9.17, 15) is 0 Å². The average molecular weight is 299 g/mol. The normalized spacial score (nSPS) is 13.4. The summed E-state index contributed by atoms with van der Waals surface area (Å²) in [6, 6.07) is 12.7. The zero-order valence-electron chi connectivity index (χ0n) is 9.73. The van der Waals surface area contributed by atoms with E-state index in [1.54, 1.807) is 0 Å². The van der Waals surface area contributed by atoms with E-state index in [-0.39, 0.29) is 0 Å². The van der Waals surface area contributed by atoms with E-state index in [4.69, 9.17) is 4.98 Å². The molecule has 0 aliphatic heterocycles. The second kappa shape index (κ2) is 3.69. The summed E-state index contributed by atoms with van der Waals surface area (Å²) in [4.78, 5) is 4.78. The molecule has 1 aliphatic rings. The maximum absolute atomic E-state index is 4.78. The quantitative estimate of drug-likeness (QED) is 0.616. The van der Waals surface area contributed by atoms with E-state index >= 15 is 0 Å². The van der Waals surface area contributed by atoms with Crippen molar-refractivity contribution in [3.8, 4) is 11.3 Å². The summed E-state index contributed by atoms with van der Waals surface area (Å²) in [6.45, 7) is 0. The molecule has 0 atom stereocenters. The number of aryl methyl sites for hydroxylation is 2. The number of imidazole rings is 1. The molecule has 4 rings (SSSR count). The summed E-state index contributed by atoms with van der Waals surface area (Å²) >= 11 is 3.53. The van der Waals surface area contributed by atoms with Crippen LogP contribution in [0.3, 0.4) is 0 Å². The van der Waals surface area contributed by atoms with Gasteiger partial charge >= 0.3 is 0 Å². The van der Waals surface area contributed by atoms with E-state index in [0.717, 1.165) is 28.7 Å². The van der Waals surface area contributed by atoms with Crippen molar-refractivity contribution >= 4 is 21.6 Å². The Hall–Kier alpha value is -1.61. The van der Waals surface area contributed by atoms with Crippen LogP contribution in [0.5, 0.6) is 0 Å². The maximum Gasteiger partial charge on any atom is 0.137 e. The predicted molar refractivity (Wildman–Crippen MR) is 75.7 cm³/mol. The molecule has 0 fully saturated rings. The van der Waals surface area contributed by atoms with Gasteiger partial charge in [0.2, 0.25) is 0 Å². The molecule has 88 valence electrons. The lowest BCUT2D eigenvalue weighted by atomic mass is 9.92. The van der Waals surface area contributed by atoms with Crippen LogP contribution in [-0.4, -0.2) is 9.38 Å². The summed E-state index contributed by atoms with van der Waals surface area (Å²) in [5.74, 6) is 0. The Kier molecular flexibility index (Phi) is 2.12. The molecule has 1 aromatic carbocycles. The third-order valence-corrected chi connectivity index (χ3v) is 4.05. The molecule has 0 spiro atoms. The predicted octanol–water partition coefficient (Wildman–Crippen LogP) is 3.86. The molecule has 2 aromatic heterocycles. The van der Waals surface area contributed by atoms with Crippen LogP contribution < -0.4 is 0 Å². The van der Waals surface area contributed by atoms with Gasteiger partial charge in [0, 0.05) is 16.2 Å². The largest absolute Gasteiger partial charge is 0.302 e. The third-order valence-electron chi connectivity index (χ3n) is 3.58. The van der Waals surface area contributed by atoms with Crippen molar-refractivity contribution in [3.63, 3.8) is 0 Å². The summed E-state index contributed by atoms with van der Waals surface area (Å²) in [6.07, 6.45) is 4.27. The van der Waals surface area contributed by atoms with Crippen LogP contribution in [0.4, 0.5) is 0 Å². The molecule has 0 radical (unpaired) electrons. The Morgan fingerprint density at radius 3 is 2.89 bits per heavy atom. The topological polar surface area (TPSA) is 17.3 Å². The first kappa shape index (κ1) is 10.3. The highest BCUT2D eigenvalue weighted by molar-refractivity contribution is 9.10. The number of hydrogen-bond donors (Lipinski definition) is 0. The minimum Gasteiger partial charge on any atom is -0.302 e. The second-order valence-electron chi connectivity index (χ2n) is 4.64. The van der Waals surface area contributed by atoms with Crippen molar-refractivity contribution in [1.82, 2.24) is 9.38 Å². The van der Waals surface area contributed by atoms with Crippen LogP contribution in [0.15, 0.2) is 47.1 Å². The molecule has 0 saturated carbocycles. The standard InChI is InChI=1S/C15H11BrN2/c16-11-6-8-14-17-15-12-4-2-1-3-10(12)5-7-13(15)18(14)9-11/h1-4,6,8-9H,5,7H2. The highest BCUT2D eigenvalue weighted by Gasteiger charge is 2.20. The molecule has 3 aromatic rings. The van der Waals surface area contributed by atoms with Crippen LogP contribution in [0, 0.1) is 0 Å². The zero-order chi connectivity index (χ0) is 12.1. The Morgan fingerprint density at radius 2 is 1.94 bits per heavy atom. The lowest BCUT2D eigenvalue weighted by Crippen LogP contribution is -2.05. The number of pyridine rings is 1. The van der Waals surface area contributed by atoms with Gasteiger partial charge in [0.05, 0.1) is 11.4 Å². The van der Waals surface area contributed by atoms with Gasteiger partial charge in [-0.2, -0.15) is 0 Å². The van der Waals surface area contributed by atoms with Gasteiger partial charge in [0.25, 0.3) is 0 Å². The van der Waals surface area contributed by atoms with Crippen LogP contribution in [-0.2, 0) is 12.8 Å². The molecular formula is C15H11BrN2. The van der Waals surface area contributed by atoms with Crippen LogP contribution >= 0.6 is 15.9 Å². The molecule has 18 heavy (non-hydrogen) atoms. The van der Waals surface area contributed by atoms with Crippen molar-refractivity contribution in [2.75, 3.05) is 0 Å². The first-order chi connectivity index (χ1) is 8.83. The van der Waals surface area contributed by atoms with Crippen molar-refractivity contribution in [2.45, 2.75) is 12.8 Å². The van der Waals surface area contributed by atoms with Gasteiger partial charge < -0.3 is 4.40 Å². The molecule has 0 saturated heterocycles. The molecule has 2 heterocycles. The number of hydrogen-bond acceptors (Lipinski definition) is 1. The molecular weight excluding hydrogens is 288 g/mol. The van der Waals surface area contributed by atoms with Crippen molar-refractivity contribution in [3.05, 3.63) is 58.3 Å². The molecule has 2 nitrogen and oxygen atoms in total. The van der Waals surface area contributed by atoms with Gasteiger partial charge in [-0.05, 0) is 46.5 Å². The molecule has 1 aliphatic carbocycles. The number of halogens is 1. The van der Waals surface area contributed by atoms with Crippen LogP contribution in [0.2, 0.25) is 0 Å². The average Bonchev–Trinajstić information content (AvgIpc) is 2.77. The van der Waals surface area contributed by atoms with Gasteiger partial charge in [0.15, 0.2) is 0 Å². The molecule has 0 bridgehead atoms. The Balaban J connectivity index is 2.08. The van der Waals surface area contributed by atoms with E-state index in [0.29, 0.717) is 0 Å². The molecule has 0 N–H and O–H groups in total. The van der Waals surface area contributed by atoms with Gasteiger partial charge in [0.1, 0.15) is 5.65 Å². The monoisotopic (exact) mass is 298 g/mol. The smallest absolute Gasteiger partial charge is 0.137 e. The third kappa shape index (κ3) is 1.37. The summed E-state index contributed by atoms with van der Waals surface area (Å²) < 4.78 is 3.30. The van der Waals surface area contributed by atoms with E-state index < -0.39 is 0 Å². The highest BCUT2D eigenvalue weighted by atomic mass is 79.9. The van der Waals surface area contributed by atoms with Crippen LogP contribution in [0.1, 0.15) is 11.3 Å². The SMILES string of the molecule is Brc1ccc2nc3c(n2c1)CCc1ccccc1-3. The second-order valence-corrected chi connectivity index (χ2v) is 5.56. The Morgan fingerprint density at radius 1 is 1.06 bits per heavy atom. The molecule has 3 heteroatoms. The summed E-state index contributed by atoms with van der Waals surface area (Å²) in [5.41, 5.74) is 6.20. The van der Waals surface area contributed by atoms with Crippen molar-refractivity contribution in [1.29, 1.82) is 0 Å². The lowest BCUT2D eigenvalue weighted by molar-refractivity contribution is 0.880. The minimum atomic E-state index is 1.03. The molecule has 0 amide bonds. The van der Waals surface area contributed by atoms with Gasteiger partial charge in [-0.25, -0.2) is 4.98 Å². The number of nitrogens with zero attached hydrogens (tertiary/aromatic N) is 2. The number of fused-ring (bicyclic) bond motifs is 5. The first-order valence-corrected chi connectivity index (χ1v) is 6.87. The van der Waals surface area contributed by atoms with Gasteiger partial charge in [-0.15, -0.1) is 0 Å². The summed E-state index contributed by atoms with van der Waals surface area (Å²) in [5, 5.41) is 0. The van der Waals surface area contributed by atoms with Crippen molar-refractivity contribution < 1.29 is 0 Å². The number of aromatic nitrogens is 2. The van der Waals surface area contributed by atoms with E-state index in [2.05, 4.69) is 56.9 Å².